The second-order valence-corrected chi connectivity index (χ2v) is 8.05. The van der Waals surface area contributed by atoms with Crippen LogP contribution in [-0.2, 0) is 0 Å². The van der Waals surface area contributed by atoms with Crippen LogP contribution in [0.4, 0.5) is 0 Å². The molecule has 2 nitrogen and oxygen atoms in total. The predicted octanol–water partition coefficient (Wildman–Crippen LogP) is 6.60. The van der Waals surface area contributed by atoms with Crippen molar-refractivity contribution in [1.82, 2.24) is 0 Å². The van der Waals surface area contributed by atoms with E-state index in [-0.39, 0.29) is 17.8 Å². The van der Waals surface area contributed by atoms with Crippen LogP contribution in [0.1, 0.15) is 83.0 Å². The standard InChI is InChI=1S/C23H34O2/c1-5-7-14-20-19(13-11-17-23(3,4)16-8-6-2)22(24)18-12-9-10-15-21(18)25-20/h7,9-10,12,14-15,19-20H,5-6,8,11,13,16-17H2,1-4H3. The summed E-state index contributed by atoms with van der Waals surface area (Å²) in [7, 11) is 0. The van der Waals surface area contributed by atoms with Gasteiger partial charge in [-0.2, -0.15) is 0 Å². The summed E-state index contributed by atoms with van der Waals surface area (Å²) in [5.41, 5.74) is 1.11. The number of hydrogen-bond acceptors (Lipinski definition) is 2. The Bertz CT molecular complexity index is 586. The number of benzene rings is 1. The molecule has 25 heavy (non-hydrogen) atoms. The topological polar surface area (TPSA) is 26.3 Å². The van der Waals surface area contributed by atoms with E-state index in [1.54, 1.807) is 0 Å². The van der Waals surface area contributed by atoms with Gasteiger partial charge in [0.05, 0.1) is 11.5 Å². The maximum absolute atomic E-state index is 13.0. The Labute approximate surface area is 153 Å². The SMILES string of the molecule is CCC=CC1Oc2ccccc2C(=O)C1CCCC(C)(C)CCCC. The first-order valence-electron chi connectivity index (χ1n) is 9.95. The lowest BCUT2D eigenvalue weighted by Gasteiger charge is -2.32. The van der Waals surface area contributed by atoms with Crippen LogP contribution in [0.5, 0.6) is 5.75 Å². The summed E-state index contributed by atoms with van der Waals surface area (Å²) in [5.74, 6) is 0.927. The molecule has 2 heteroatoms. The molecule has 0 aliphatic carbocycles. The molecule has 1 heterocycles. The Balaban J connectivity index is 2.05. The molecule has 0 bridgehead atoms. The molecule has 2 atom stereocenters. The molecule has 1 aliphatic heterocycles. The maximum Gasteiger partial charge on any atom is 0.173 e. The van der Waals surface area contributed by atoms with E-state index in [1.807, 2.05) is 24.3 Å². The first-order chi connectivity index (χ1) is 12.0. The van der Waals surface area contributed by atoms with E-state index in [0.29, 0.717) is 5.41 Å². The molecule has 0 N–H and O–H groups in total. The lowest BCUT2D eigenvalue weighted by atomic mass is 9.79. The lowest BCUT2D eigenvalue weighted by molar-refractivity contribution is 0.0721. The number of carbonyl (C=O) groups is 1. The van der Waals surface area contributed by atoms with Crippen molar-refractivity contribution in [1.29, 1.82) is 0 Å². The molecule has 138 valence electrons. The summed E-state index contributed by atoms with van der Waals surface area (Å²) in [4.78, 5) is 13.0. The number of unbranched alkanes of at least 4 members (excludes halogenated alkanes) is 1. The van der Waals surface area contributed by atoms with Gasteiger partial charge in [0.25, 0.3) is 0 Å². The van der Waals surface area contributed by atoms with Gasteiger partial charge in [-0.15, -0.1) is 0 Å². The molecule has 2 rings (SSSR count). The fourth-order valence-electron chi connectivity index (χ4n) is 3.67. The molecule has 2 unspecified atom stereocenters. The van der Waals surface area contributed by atoms with Gasteiger partial charge >= 0.3 is 0 Å². The van der Waals surface area contributed by atoms with Gasteiger partial charge in [-0.3, -0.25) is 4.79 Å². The smallest absolute Gasteiger partial charge is 0.173 e. The van der Waals surface area contributed by atoms with Gasteiger partial charge in [0.1, 0.15) is 11.9 Å². The number of rotatable bonds is 9. The Hall–Kier alpha value is -1.57. The van der Waals surface area contributed by atoms with E-state index in [4.69, 9.17) is 4.74 Å². The molecular formula is C23H34O2. The molecule has 0 saturated heterocycles. The number of fused-ring (bicyclic) bond motifs is 1. The van der Waals surface area contributed by atoms with Crippen molar-refractivity contribution in [3.05, 3.63) is 42.0 Å². The van der Waals surface area contributed by atoms with Crippen LogP contribution in [0.2, 0.25) is 0 Å². The molecule has 0 fully saturated rings. The Morgan fingerprint density at radius 3 is 2.56 bits per heavy atom. The molecule has 0 radical (unpaired) electrons. The molecule has 1 aromatic rings. The number of para-hydroxylation sites is 1. The van der Waals surface area contributed by atoms with Crippen LogP contribution in [0.3, 0.4) is 0 Å². The largest absolute Gasteiger partial charge is 0.485 e. The summed E-state index contributed by atoms with van der Waals surface area (Å²) < 4.78 is 6.16. The number of carbonyl (C=O) groups excluding carboxylic acids is 1. The fraction of sp³-hybridized carbons (Fsp3) is 0.609. The number of ketones is 1. The maximum atomic E-state index is 13.0. The van der Waals surface area contributed by atoms with Crippen LogP contribution in [0, 0.1) is 11.3 Å². The van der Waals surface area contributed by atoms with E-state index in [9.17, 15) is 4.79 Å². The molecule has 0 saturated carbocycles. The molecule has 0 amide bonds. The van der Waals surface area contributed by atoms with Crippen molar-refractivity contribution in [2.24, 2.45) is 11.3 Å². The van der Waals surface area contributed by atoms with Gasteiger partial charge in [0.2, 0.25) is 0 Å². The van der Waals surface area contributed by atoms with Gasteiger partial charge < -0.3 is 4.74 Å². The second kappa shape index (κ2) is 9.22. The zero-order valence-corrected chi connectivity index (χ0v) is 16.4. The van der Waals surface area contributed by atoms with Gasteiger partial charge in [-0.25, -0.2) is 0 Å². The molecular weight excluding hydrogens is 308 g/mol. The van der Waals surface area contributed by atoms with Crippen LogP contribution < -0.4 is 4.74 Å². The number of hydrogen-bond donors (Lipinski definition) is 0. The zero-order valence-electron chi connectivity index (χ0n) is 16.4. The van der Waals surface area contributed by atoms with Gasteiger partial charge in [0.15, 0.2) is 5.78 Å². The highest BCUT2D eigenvalue weighted by Crippen LogP contribution is 2.36. The highest BCUT2D eigenvalue weighted by atomic mass is 16.5. The minimum absolute atomic E-state index is 0.0559. The molecule has 0 aromatic heterocycles. The molecule has 1 aromatic carbocycles. The lowest BCUT2D eigenvalue weighted by Crippen LogP contribution is -2.36. The third kappa shape index (κ3) is 5.45. The first-order valence-corrected chi connectivity index (χ1v) is 9.95. The fourth-order valence-corrected chi connectivity index (χ4v) is 3.67. The molecule has 1 aliphatic rings. The van der Waals surface area contributed by atoms with Crippen molar-refractivity contribution in [2.45, 2.75) is 78.7 Å². The quantitative estimate of drug-likeness (QED) is 0.473. The van der Waals surface area contributed by atoms with Crippen molar-refractivity contribution >= 4 is 5.78 Å². The molecule has 0 spiro atoms. The van der Waals surface area contributed by atoms with E-state index in [0.717, 1.165) is 30.6 Å². The highest BCUT2D eigenvalue weighted by Gasteiger charge is 2.35. The summed E-state index contributed by atoms with van der Waals surface area (Å²) in [5, 5.41) is 0. The van der Waals surface area contributed by atoms with Gasteiger partial charge in [-0.05, 0) is 49.3 Å². The first kappa shape index (κ1) is 19.8. The predicted molar refractivity (Wildman–Crippen MR) is 105 cm³/mol. The average Bonchev–Trinajstić information content (AvgIpc) is 2.60. The minimum atomic E-state index is -0.124. The average molecular weight is 343 g/mol. The third-order valence-corrected chi connectivity index (χ3v) is 5.29. The Morgan fingerprint density at radius 1 is 1.12 bits per heavy atom. The van der Waals surface area contributed by atoms with Crippen LogP contribution in [0.25, 0.3) is 0 Å². The Morgan fingerprint density at radius 2 is 1.84 bits per heavy atom. The van der Waals surface area contributed by atoms with Gasteiger partial charge in [-0.1, -0.05) is 65.2 Å². The van der Waals surface area contributed by atoms with Crippen molar-refractivity contribution < 1.29 is 9.53 Å². The number of ether oxygens (including phenoxy) is 1. The van der Waals surface area contributed by atoms with Crippen molar-refractivity contribution in [2.75, 3.05) is 0 Å². The normalized spacial score (nSPS) is 20.6. The van der Waals surface area contributed by atoms with Crippen LogP contribution >= 0.6 is 0 Å². The number of allylic oxidation sites excluding steroid dienone is 1. The monoisotopic (exact) mass is 342 g/mol. The number of Topliss-reactive ketones (excluding diaryl/α,β-unsaturated/α-hetero) is 1. The third-order valence-electron chi connectivity index (χ3n) is 5.29. The van der Waals surface area contributed by atoms with Gasteiger partial charge in [0, 0.05) is 0 Å². The van der Waals surface area contributed by atoms with Crippen LogP contribution in [0.15, 0.2) is 36.4 Å². The summed E-state index contributed by atoms with van der Waals surface area (Å²) in [6.45, 7) is 9.06. The second-order valence-electron chi connectivity index (χ2n) is 8.05. The summed E-state index contributed by atoms with van der Waals surface area (Å²) >= 11 is 0. The van der Waals surface area contributed by atoms with Crippen molar-refractivity contribution in [3.63, 3.8) is 0 Å². The summed E-state index contributed by atoms with van der Waals surface area (Å²) in [6.07, 6.45) is 12.0. The zero-order chi connectivity index (χ0) is 18.3. The minimum Gasteiger partial charge on any atom is -0.485 e. The highest BCUT2D eigenvalue weighted by molar-refractivity contribution is 6.01. The van der Waals surface area contributed by atoms with Crippen molar-refractivity contribution in [3.8, 4) is 5.75 Å². The van der Waals surface area contributed by atoms with E-state index in [2.05, 4.69) is 39.8 Å². The summed E-state index contributed by atoms with van der Waals surface area (Å²) in [6, 6.07) is 7.66. The van der Waals surface area contributed by atoms with E-state index in [1.165, 1.54) is 25.7 Å². The Kier molecular flexibility index (Phi) is 7.28. The van der Waals surface area contributed by atoms with E-state index < -0.39 is 0 Å². The van der Waals surface area contributed by atoms with Crippen LogP contribution in [-0.4, -0.2) is 11.9 Å². The van der Waals surface area contributed by atoms with E-state index >= 15 is 0 Å².